The fourth-order valence-electron chi connectivity index (χ4n) is 2.74. The number of nitrogens with zero attached hydrogens (tertiary/aromatic N) is 3. The number of ether oxygens (including phenoxy) is 1. The highest BCUT2D eigenvalue weighted by atomic mass is 35.5. The van der Waals surface area contributed by atoms with Crippen LogP contribution in [-0.2, 0) is 22.7 Å². The predicted octanol–water partition coefficient (Wildman–Crippen LogP) is 5.86. The number of nitro benzene ring substituents is 1. The van der Waals surface area contributed by atoms with Crippen molar-refractivity contribution in [1.29, 1.82) is 0 Å². The first-order valence-corrected chi connectivity index (χ1v) is 10.1. The van der Waals surface area contributed by atoms with Crippen molar-refractivity contribution < 1.29 is 14.5 Å². The minimum Gasteiger partial charge on any atom is -0.458 e. The van der Waals surface area contributed by atoms with E-state index in [0.29, 0.717) is 38.6 Å². The number of aromatic nitrogens is 2. The normalized spacial score (nSPS) is 11.1. The lowest BCUT2D eigenvalue weighted by molar-refractivity contribution is -0.384. The molecule has 1 aromatic heterocycles. The van der Waals surface area contributed by atoms with E-state index in [4.69, 9.17) is 39.5 Å². The summed E-state index contributed by atoms with van der Waals surface area (Å²) < 4.78 is 6.74. The largest absolute Gasteiger partial charge is 0.458 e. The Morgan fingerprint density at radius 2 is 1.90 bits per heavy atom. The summed E-state index contributed by atoms with van der Waals surface area (Å²) in [6.07, 6.45) is 2.78. The molecule has 160 valence electrons. The number of non-ortho nitro benzene ring substituents is 1. The molecule has 3 rings (SSSR count). The molecular formula is C21H16Cl3N3O4. The molecule has 2 aromatic carbocycles. The fourth-order valence-corrected chi connectivity index (χ4v) is 3.51. The summed E-state index contributed by atoms with van der Waals surface area (Å²) in [6, 6.07) is 10.9. The molecular weight excluding hydrogens is 465 g/mol. The van der Waals surface area contributed by atoms with Crippen LogP contribution in [0, 0.1) is 17.0 Å². The minimum atomic E-state index is -0.581. The molecule has 1 heterocycles. The van der Waals surface area contributed by atoms with Crippen molar-refractivity contribution >= 4 is 52.5 Å². The molecule has 0 bridgehead atoms. The van der Waals surface area contributed by atoms with Crippen molar-refractivity contribution in [2.24, 2.45) is 0 Å². The van der Waals surface area contributed by atoms with Crippen LogP contribution in [0.25, 0.3) is 6.08 Å². The van der Waals surface area contributed by atoms with E-state index in [1.54, 1.807) is 29.8 Å². The first-order valence-electron chi connectivity index (χ1n) is 8.99. The highest BCUT2D eigenvalue weighted by molar-refractivity contribution is 6.35. The molecule has 3 aromatic rings. The third-order valence-corrected chi connectivity index (χ3v) is 5.34. The van der Waals surface area contributed by atoms with Crippen molar-refractivity contribution in [1.82, 2.24) is 9.78 Å². The van der Waals surface area contributed by atoms with Gasteiger partial charge in [0.25, 0.3) is 5.69 Å². The highest BCUT2D eigenvalue weighted by Gasteiger charge is 2.13. The summed E-state index contributed by atoms with van der Waals surface area (Å²) in [6.45, 7) is 2.10. The number of benzene rings is 2. The Labute approximate surface area is 192 Å². The van der Waals surface area contributed by atoms with Crippen molar-refractivity contribution in [2.75, 3.05) is 0 Å². The molecule has 0 spiro atoms. The lowest BCUT2D eigenvalue weighted by Crippen LogP contribution is -2.02. The van der Waals surface area contributed by atoms with Gasteiger partial charge >= 0.3 is 5.97 Å². The van der Waals surface area contributed by atoms with Crippen LogP contribution >= 0.6 is 34.8 Å². The molecule has 10 heteroatoms. The van der Waals surface area contributed by atoms with Gasteiger partial charge in [-0.15, -0.1) is 0 Å². The Bertz CT molecular complexity index is 1160. The van der Waals surface area contributed by atoms with Crippen LogP contribution < -0.4 is 0 Å². The smallest absolute Gasteiger partial charge is 0.331 e. The predicted molar refractivity (Wildman–Crippen MR) is 119 cm³/mol. The number of hydrogen-bond donors (Lipinski definition) is 0. The quantitative estimate of drug-likeness (QED) is 0.183. The zero-order chi connectivity index (χ0) is 22.5. The zero-order valence-corrected chi connectivity index (χ0v) is 18.5. The molecule has 0 radical (unpaired) electrons. The van der Waals surface area contributed by atoms with Crippen LogP contribution in [0.3, 0.4) is 0 Å². The molecule has 0 atom stereocenters. The number of aryl methyl sites for hydroxylation is 1. The zero-order valence-electron chi connectivity index (χ0n) is 16.2. The molecule has 0 unspecified atom stereocenters. The average molecular weight is 481 g/mol. The molecule has 7 nitrogen and oxygen atoms in total. The second-order valence-corrected chi connectivity index (χ2v) is 7.75. The number of halogens is 3. The van der Waals surface area contributed by atoms with Crippen LogP contribution in [-0.4, -0.2) is 20.7 Å². The Morgan fingerprint density at radius 1 is 1.19 bits per heavy atom. The standard InChI is InChI=1S/C21H16Cl3N3O4/c1-13-18(21(24)26(25-13)11-15-4-5-16(22)10-19(15)23)8-9-20(28)31-12-14-2-6-17(7-3-14)27(29)30/h2-10H,11-12H2,1H3. The van der Waals surface area contributed by atoms with E-state index in [1.807, 2.05) is 0 Å². The van der Waals surface area contributed by atoms with E-state index in [-0.39, 0.29) is 12.3 Å². The van der Waals surface area contributed by atoms with Crippen molar-refractivity contribution in [2.45, 2.75) is 20.1 Å². The number of nitro groups is 1. The van der Waals surface area contributed by atoms with Gasteiger partial charge in [-0.2, -0.15) is 5.10 Å². The molecule has 0 aliphatic rings. The first-order chi connectivity index (χ1) is 14.7. The fraction of sp³-hybridized carbons (Fsp3) is 0.143. The van der Waals surface area contributed by atoms with Crippen molar-refractivity contribution in [3.05, 3.63) is 96.2 Å². The van der Waals surface area contributed by atoms with Gasteiger partial charge < -0.3 is 4.74 Å². The molecule has 31 heavy (non-hydrogen) atoms. The van der Waals surface area contributed by atoms with Gasteiger partial charge in [0.2, 0.25) is 0 Å². The Hall–Kier alpha value is -2.87. The molecule has 0 fully saturated rings. The molecule has 0 N–H and O–H groups in total. The number of carbonyl (C=O) groups excluding carboxylic acids is 1. The first kappa shape index (κ1) is 22.8. The molecule has 0 saturated carbocycles. The van der Waals surface area contributed by atoms with Crippen LogP contribution in [0.5, 0.6) is 0 Å². The molecule has 0 aliphatic heterocycles. The van der Waals surface area contributed by atoms with Gasteiger partial charge in [-0.25, -0.2) is 9.48 Å². The maximum Gasteiger partial charge on any atom is 0.331 e. The average Bonchev–Trinajstić information content (AvgIpc) is 2.99. The lowest BCUT2D eigenvalue weighted by atomic mass is 10.2. The van der Waals surface area contributed by atoms with E-state index in [2.05, 4.69) is 5.10 Å². The van der Waals surface area contributed by atoms with Crippen LogP contribution in [0.4, 0.5) is 5.69 Å². The number of hydrogen-bond acceptors (Lipinski definition) is 5. The monoisotopic (exact) mass is 479 g/mol. The van der Waals surface area contributed by atoms with Gasteiger partial charge in [0.15, 0.2) is 0 Å². The van der Waals surface area contributed by atoms with E-state index >= 15 is 0 Å². The van der Waals surface area contributed by atoms with Gasteiger partial charge in [-0.3, -0.25) is 10.1 Å². The van der Waals surface area contributed by atoms with Gasteiger partial charge in [0, 0.05) is 33.8 Å². The van der Waals surface area contributed by atoms with Crippen LogP contribution in [0.2, 0.25) is 15.2 Å². The Kier molecular flexibility index (Phi) is 7.33. The van der Waals surface area contributed by atoms with Crippen LogP contribution in [0.15, 0.2) is 48.5 Å². The number of esters is 1. The van der Waals surface area contributed by atoms with E-state index in [0.717, 1.165) is 5.56 Å². The van der Waals surface area contributed by atoms with Gasteiger partial charge in [0.1, 0.15) is 11.8 Å². The van der Waals surface area contributed by atoms with Crippen molar-refractivity contribution in [3.8, 4) is 0 Å². The summed E-state index contributed by atoms with van der Waals surface area (Å²) in [5, 5.41) is 16.5. The molecule has 0 amide bonds. The second-order valence-electron chi connectivity index (χ2n) is 6.55. The molecule has 0 saturated heterocycles. The minimum absolute atomic E-state index is 0.0117. The van der Waals surface area contributed by atoms with Crippen molar-refractivity contribution in [3.63, 3.8) is 0 Å². The van der Waals surface area contributed by atoms with E-state index in [1.165, 1.54) is 36.4 Å². The van der Waals surface area contributed by atoms with E-state index < -0.39 is 10.9 Å². The van der Waals surface area contributed by atoms with Crippen LogP contribution in [0.1, 0.15) is 22.4 Å². The maximum absolute atomic E-state index is 12.0. The highest BCUT2D eigenvalue weighted by Crippen LogP contribution is 2.26. The number of carbonyl (C=O) groups is 1. The van der Waals surface area contributed by atoms with Gasteiger partial charge in [-0.1, -0.05) is 40.9 Å². The summed E-state index contributed by atoms with van der Waals surface area (Å²) in [7, 11) is 0. The summed E-state index contributed by atoms with van der Waals surface area (Å²) >= 11 is 18.6. The summed E-state index contributed by atoms with van der Waals surface area (Å²) in [4.78, 5) is 22.2. The Balaban J connectivity index is 1.65. The second kappa shape index (κ2) is 9.96. The SMILES string of the molecule is Cc1nn(Cc2ccc(Cl)cc2Cl)c(Cl)c1C=CC(=O)OCc1ccc([N+](=O)[O-])cc1. The topological polar surface area (TPSA) is 87.3 Å². The molecule has 0 aliphatic carbocycles. The Morgan fingerprint density at radius 3 is 2.55 bits per heavy atom. The number of rotatable bonds is 7. The maximum atomic E-state index is 12.0. The van der Waals surface area contributed by atoms with Gasteiger partial charge in [0.05, 0.1) is 17.2 Å². The third-order valence-electron chi connectivity index (χ3n) is 4.36. The van der Waals surface area contributed by atoms with E-state index in [9.17, 15) is 14.9 Å². The third kappa shape index (κ3) is 5.85. The lowest BCUT2D eigenvalue weighted by Gasteiger charge is -2.06. The summed E-state index contributed by atoms with van der Waals surface area (Å²) in [5.41, 5.74) is 2.62. The van der Waals surface area contributed by atoms with Gasteiger partial charge in [-0.05, 0) is 48.4 Å². The summed E-state index contributed by atoms with van der Waals surface area (Å²) in [5.74, 6) is -0.581.